The standard InChI is InChI=1S/C15H16O2/c1-11(12-7-9-14(16)10-8-12)15(17)13-5-3-2-4-6-13/h5,7-10,16H,1-4,6H2. The van der Waals surface area contributed by atoms with Crippen molar-refractivity contribution in [3.05, 3.63) is 48.1 Å². The Bertz CT molecular complexity index is 466. The summed E-state index contributed by atoms with van der Waals surface area (Å²) >= 11 is 0. The molecule has 2 heteroatoms. The van der Waals surface area contributed by atoms with Crippen LogP contribution in [0, 0.1) is 0 Å². The molecule has 1 aliphatic carbocycles. The molecule has 0 saturated carbocycles. The highest BCUT2D eigenvalue weighted by atomic mass is 16.3. The van der Waals surface area contributed by atoms with Crippen molar-refractivity contribution in [2.75, 3.05) is 0 Å². The Morgan fingerprint density at radius 1 is 1.18 bits per heavy atom. The van der Waals surface area contributed by atoms with Gasteiger partial charge in [0.15, 0.2) is 5.78 Å². The van der Waals surface area contributed by atoms with Crippen molar-refractivity contribution in [1.29, 1.82) is 0 Å². The first-order chi connectivity index (χ1) is 8.18. The molecule has 0 radical (unpaired) electrons. The molecule has 0 spiro atoms. The van der Waals surface area contributed by atoms with E-state index in [1.165, 1.54) is 6.42 Å². The molecule has 0 aliphatic heterocycles. The van der Waals surface area contributed by atoms with Gasteiger partial charge in [0.2, 0.25) is 0 Å². The number of allylic oxidation sites excluding steroid dienone is 3. The summed E-state index contributed by atoms with van der Waals surface area (Å²) in [5.74, 6) is 0.237. The van der Waals surface area contributed by atoms with E-state index >= 15 is 0 Å². The van der Waals surface area contributed by atoms with Crippen LogP contribution >= 0.6 is 0 Å². The third-order valence-corrected chi connectivity index (χ3v) is 3.07. The topological polar surface area (TPSA) is 37.3 Å². The SMILES string of the molecule is C=C(C(=O)C1=CCCCC1)c1ccc(O)cc1. The number of hydrogen-bond donors (Lipinski definition) is 1. The molecule has 0 aromatic heterocycles. The van der Waals surface area contributed by atoms with Crippen molar-refractivity contribution in [3.8, 4) is 5.75 Å². The zero-order chi connectivity index (χ0) is 12.3. The maximum atomic E-state index is 12.2. The fraction of sp³-hybridized carbons (Fsp3) is 0.267. The molecule has 1 aromatic rings. The fourth-order valence-electron chi connectivity index (χ4n) is 2.03. The minimum atomic E-state index is 0.0374. The zero-order valence-electron chi connectivity index (χ0n) is 9.78. The summed E-state index contributed by atoms with van der Waals surface area (Å²) < 4.78 is 0. The van der Waals surface area contributed by atoms with Crippen molar-refractivity contribution >= 4 is 11.4 Å². The molecule has 0 fully saturated rings. The average molecular weight is 228 g/mol. The second-order valence-corrected chi connectivity index (χ2v) is 4.33. The summed E-state index contributed by atoms with van der Waals surface area (Å²) in [7, 11) is 0. The van der Waals surface area contributed by atoms with Crippen LogP contribution < -0.4 is 0 Å². The quantitative estimate of drug-likeness (QED) is 0.804. The van der Waals surface area contributed by atoms with Gasteiger partial charge in [-0.2, -0.15) is 0 Å². The number of hydrogen-bond acceptors (Lipinski definition) is 2. The van der Waals surface area contributed by atoms with Crippen LogP contribution in [0.2, 0.25) is 0 Å². The maximum Gasteiger partial charge on any atom is 0.188 e. The Balaban J connectivity index is 2.17. The third-order valence-electron chi connectivity index (χ3n) is 3.07. The highest BCUT2D eigenvalue weighted by molar-refractivity contribution is 6.28. The van der Waals surface area contributed by atoms with Gasteiger partial charge in [-0.05, 0) is 49.0 Å². The first-order valence-electron chi connectivity index (χ1n) is 5.90. The Morgan fingerprint density at radius 3 is 2.47 bits per heavy atom. The van der Waals surface area contributed by atoms with E-state index in [9.17, 15) is 9.90 Å². The van der Waals surface area contributed by atoms with Crippen LogP contribution in [-0.4, -0.2) is 10.9 Å². The van der Waals surface area contributed by atoms with Crippen LogP contribution in [0.1, 0.15) is 31.2 Å². The number of aromatic hydroxyl groups is 1. The lowest BCUT2D eigenvalue weighted by atomic mass is 9.91. The largest absolute Gasteiger partial charge is 0.508 e. The van der Waals surface area contributed by atoms with Crippen LogP contribution in [0.5, 0.6) is 5.75 Å². The van der Waals surface area contributed by atoms with Crippen LogP contribution in [0.25, 0.3) is 5.57 Å². The molecule has 0 saturated heterocycles. The Morgan fingerprint density at radius 2 is 1.88 bits per heavy atom. The molecular formula is C15H16O2. The Kier molecular flexibility index (Phi) is 3.43. The van der Waals surface area contributed by atoms with Gasteiger partial charge in [0.1, 0.15) is 5.75 Å². The Hall–Kier alpha value is -1.83. The average Bonchev–Trinajstić information content (AvgIpc) is 2.39. The van der Waals surface area contributed by atoms with E-state index in [2.05, 4.69) is 6.58 Å². The van der Waals surface area contributed by atoms with Gasteiger partial charge < -0.3 is 5.11 Å². The van der Waals surface area contributed by atoms with Gasteiger partial charge in [-0.25, -0.2) is 0 Å². The zero-order valence-corrected chi connectivity index (χ0v) is 9.78. The summed E-state index contributed by atoms with van der Waals surface area (Å²) in [5, 5.41) is 9.20. The summed E-state index contributed by atoms with van der Waals surface area (Å²) in [4.78, 5) is 12.2. The summed E-state index contributed by atoms with van der Waals surface area (Å²) in [6.07, 6.45) is 6.13. The molecule has 0 bridgehead atoms. The van der Waals surface area contributed by atoms with Crippen LogP contribution in [0.15, 0.2) is 42.5 Å². The van der Waals surface area contributed by atoms with Crippen molar-refractivity contribution in [2.24, 2.45) is 0 Å². The smallest absolute Gasteiger partial charge is 0.188 e. The van der Waals surface area contributed by atoms with Crippen molar-refractivity contribution in [1.82, 2.24) is 0 Å². The molecule has 0 unspecified atom stereocenters. The van der Waals surface area contributed by atoms with Gasteiger partial charge in [-0.15, -0.1) is 0 Å². The lowest BCUT2D eigenvalue weighted by Gasteiger charge is -2.13. The van der Waals surface area contributed by atoms with Crippen molar-refractivity contribution in [2.45, 2.75) is 25.7 Å². The number of benzene rings is 1. The number of carbonyl (C=O) groups excluding carboxylic acids is 1. The second kappa shape index (κ2) is 5.00. The molecule has 1 N–H and O–H groups in total. The first-order valence-corrected chi connectivity index (χ1v) is 5.90. The van der Waals surface area contributed by atoms with Gasteiger partial charge in [0.25, 0.3) is 0 Å². The minimum Gasteiger partial charge on any atom is -0.508 e. The molecule has 1 aliphatic rings. The lowest BCUT2D eigenvalue weighted by molar-refractivity contribution is -0.110. The van der Waals surface area contributed by atoms with E-state index in [4.69, 9.17) is 0 Å². The lowest BCUT2D eigenvalue weighted by Crippen LogP contribution is -2.07. The predicted molar refractivity (Wildman–Crippen MR) is 68.7 cm³/mol. The van der Waals surface area contributed by atoms with E-state index in [0.29, 0.717) is 5.57 Å². The molecule has 2 rings (SSSR count). The second-order valence-electron chi connectivity index (χ2n) is 4.33. The van der Waals surface area contributed by atoms with E-state index in [1.807, 2.05) is 6.08 Å². The van der Waals surface area contributed by atoms with Crippen molar-refractivity contribution < 1.29 is 9.90 Å². The molecule has 17 heavy (non-hydrogen) atoms. The summed E-state index contributed by atoms with van der Waals surface area (Å²) in [6.45, 7) is 3.86. The van der Waals surface area contributed by atoms with E-state index in [0.717, 1.165) is 30.4 Å². The van der Waals surface area contributed by atoms with Crippen LogP contribution in [-0.2, 0) is 4.79 Å². The molecule has 1 aromatic carbocycles. The normalized spacial score (nSPS) is 15.2. The van der Waals surface area contributed by atoms with Gasteiger partial charge in [0.05, 0.1) is 0 Å². The number of carbonyl (C=O) groups is 1. The first kappa shape index (κ1) is 11.6. The highest BCUT2D eigenvalue weighted by Crippen LogP contribution is 2.25. The van der Waals surface area contributed by atoms with E-state index in [1.54, 1.807) is 24.3 Å². The molecule has 0 atom stereocenters. The van der Waals surface area contributed by atoms with Gasteiger partial charge in [-0.1, -0.05) is 24.8 Å². The van der Waals surface area contributed by atoms with Gasteiger partial charge in [-0.3, -0.25) is 4.79 Å². The van der Waals surface area contributed by atoms with Crippen LogP contribution in [0.4, 0.5) is 0 Å². The summed E-state index contributed by atoms with van der Waals surface area (Å²) in [5.41, 5.74) is 2.17. The molecule has 88 valence electrons. The van der Waals surface area contributed by atoms with Gasteiger partial charge >= 0.3 is 0 Å². The fourth-order valence-corrected chi connectivity index (χ4v) is 2.03. The number of phenolic OH excluding ortho intramolecular Hbond substituents is 1. The number of ketones is 1. The number of rotatable bonds is 3. The predicted octanol–water partition coefficient (Wildman–Crippen LogP) is 3.47. The third kappa shape index (κ3) is 2.64. The van der Waals surface area contributed by atoms with E-state index in [-0.39, 0.29) is 11.5 Å². The minimum absolute atomic E-state index is 0.0374. The van der Waals surface area contributed by atoms with Crippen LogP contribution in [0.3, 0.4) is 0 Å². The van der Waals surface area contributed by atoms with Gasteiger partial charge in [0, 0.05) is 5.57 Å². The maximum absolute atomic E-state index is 12.2. The molecule has 2 nitrogen and oxygen atoms in total. The number of phenols is 1. The number of Topliss-reactive ketones (excluding diaryl/α,β-unsaturated/α-hetero) is 1. The summed E-state index contributed by atoms with van der Waals surface area (Å²) in [6, 6.07) is 6.59. The Labute approximate surface area is 101 Å². The van der Waals surface area contributed by atoms with E-state index < -0.39 is 0 Å². The van der Waals surface area contributed by atoms with Crippen molar-refractivity contribution in [3.63, 3.8) is 0 Å². The molecule has 0 heterocycles. The molecular weight excluding hydrogens is 212 g/mol. The highest BCUT2D eigenvalue weighted by Gasteiger charge is 2.16. The monoisotopic (exact) mass is 228 g/mol. The molecule has 0 amide bonds.